The van der Waals surface area contributed by atoms with E-state index in [9.17, 15) is 17.6 Å². The molecule has 2 aliphatic rings. The van der Waals surface area contributed by atoms with Gasteiger partial charge in [-0.2, -0.15) is 0 Å². The summed E-state index contributed by atoms with van der Waals surface area (Å²) in [6, 6.07) is -0.315. The quantitative estimate of drug-likeness (QED) is 0.679. The van der Waals surface area contributed by atoms with E-state index in [0.717, 1.165) is 12.8 Å². The Labute approximate surface area is 121 Å². The average molecular weight is 302 g/mol. The number of piperazine rings is 1. The normalized spacial score (nSPS) is 21.5. The highest BCUT2D eigenvalue weighted by molar-refractivity contribution is 5.26. The fourth-order valence-electron chi connectivity index (χ4n) is 3.00. The summed E-state index contributed by atoms with van der Waals surface area (Å²) in [7, 11) is 0. The highest BCUT2D eigenvalue weighted by Gasteiger charge is 2.35. The van der Waals surface area contributed by atoms with E-state index in [1.165, 1.54) is 0 Å². The molecule has 1 aliphatic heterocycles. The number of rotatable bonds is 4. The fourth-order valence-corrected chi connectivity index (χ4v) is 3.00. The largest absolute Gasteiger partial charge is 0.314 e. The highest BCUT2D eigenvalue weighted by Crippen LogP contribution is 2.42. The summed E-state index contributed by atoms with van der Waals surface area (Å²) in [6.45, 7) is 2.66. The van der Waals surface area contributed by atoms with Gasteiger partial charge in [-0.1, -0.05) is 12.8 Å². The van der Waals surface area contributed by atoms with Gasteiger partial charge in [0, 0.05) is 43.9 Å². The van der Waals surface area contributed by atoms with Gasteiger partial charge in [-0.15, -0.1) is 0 Å². The number of benzene rings is 1. The monoisotopic (exact) mass is 302 g/mol. The number of hydrogen-bond acceptors (Lipinski definition) is 2. The molecule has 2 nitrogen and oxygen atoms in total. The summed E-state index contributed by atoms with van der Waals surface area (Å²) in [6.07, 6.45) is 2.59. The van der Waals surface area contributed by atoms with Crippen LogP contribution in [-0.2, 0) is 0 Å². The molecule has 1 N–H and O–H groups in total. The van der Waals surface area contributed by atoms with E-state index in [1.54, 1.807) is 0 Å². The summed E-state index contributed by atoms with van der Waals surface area (Å²) in [5.41, 5.74) is -0.443. The van der Waals surface area contributed by atoms with Crippen molar-refractivity contribution in [1.82, 2.24) is 10.2 Å². The maximum absolute atomic E-state index is 14.1. The zero-order valence-corrected chi connectivity index (χ0v) is 11.6. The molecule has 1 aliphatic carbocycles. The lowest BCUT2D eigenvalue weighted by atomic mass is 9.97. The summed E-state index contributed by atoms with van der Waals surface area (Å²) < 4.78 is 55.2. The Balaban J connectivity index is 1.98. The third-order valence-corrected chi connectivity index (χ3v) is 4.32. The summed E-state index contributed by atoms with van der Waals surface area (Å²) in [4.78, 5) is 1.93. The minimum Gasteiger partial charge on any atom is -0.314 e. The van der Waals surface area contributed by atoms with Crippen LogP contribution in [0, 0.1) is 29.2 Å². The van der Waals surface area contributed by atoms with Crippen molar-refractivity contribution < 1.29 is 17.6 Å². The molecule has 2 fully saturated rings. The van der Waals surface area contributed by atoms with Crippen LogP contribution in [0.25, 0.3) is 0 Å². The molecule has 0 spiro atoms. The molecule has 0 unspecified atom stereocenters. The van der Waals surface area contributed by atoms with Crippen molar-refractivity contribution in [3.63, 3.8) is 0 Å². The fraction of sp³-hybridized carbons (Fsp3) is 0.600. The molecule has 1 heterocycles. The second kappa shape index (κ2) is 5.93. The van der Waals surface area contributed by atoms with Gasteiger partial charge in [0.05, 0.1) is 0 Å². The average Bonchev–Trinajstić information content (AvgIpc) is 3.29. The summed E-state index contributed by atoms with van der Waals surface area (Å²) in [5.74, 6) is -4.74. The van der Waals surface area contributed by atoms with Crippen LogP contribution >= 0.6 is 0 Å². The van der Waals surface area contributed by atoms with Crippen LogP contribution in [0.2, 0.25) is 0 Å². The topological polar surface area (TPSA) is 15.3 Å². The van der Waals surface area contributed by atoms with E-state index in [-0.39, 0.29) is 6.07 Å². The van der Waals surface area contributed by atoms with Gasteiger partial charge in [-0.25, -0.2) is 17.6 Å². The molecule has 0 bridgehead atoms. The van der Waals surface area contributed by atoms with Crippen LogP contribution < -0.4 is 5.32 Å². The Morgan fingerprint density at radius 1 is 1.05 bits per heavy atom. The third-order valence-electron chi connectivity index (χ3n) is 4.32. The predicted octanol–water partition coefficient (Wildman–Crippen LogP) is 2.99. The molecule has 1 saturated carbocycles. The van der Waals surface area contributed by atoms with Gasteiger partial charge in [-0.05, 0) is 12.3 Å². The van der Waals surface area contributed by atoms with Crippen LogP contribution in [0.15, 0.2) is 6.07 Å². The lowest BCUT2D eigenvalue weighted by Crippen LogP contribution is -2.45. The van der Waals surface area contributed by atoms with Gasteiger partial charge < -0.3 is 5.32 Å². The first kappa shape index (κ1) is 14.8. The molecule has 1 aromatic carbocycles. The smallest absolute Gasteiger partial charge is 0.166 e. The van der Waals surface area contributed by atoms with Gasteiger partial charge in [-0.3, -0.25) is 4.90 Å². The minimum atomic E-state index is -1.32. The van der Waals surface area contributed by atoms with E-state index in [1.807, 2.05) is 4.90 Å². The van der Waals surface area contributed by atoms with Gasteiger partial charge >= 0.3 is 0 Å². The zero-order chi connectivity index (χ0) is 15.0. The van der Waals surface area contributed by atoms with Crippen molar-refractivity contribution in [3.8, 4) is 0 Å². The molecule has 116 valence electrons. The SMILES string of the molecule is Fc1cc(F)c(F)c([C@H](CC2CC2)N2CCNCC2)c1F. The van der Waals surface area contributed by atoms with Crippen molar-refractivity contribution in [2.75, 3.05) is 26.2 Å². The third kappa shape index (κ3) is 3.06. The molecule has 1 saturated heterocycles. The molecular weight excluding hydrogens is 284 g/mol. The van der Waals surface area contributed by atoms with Crippen LogP contribution in [0.5, 0.6) is 0 Å². The second-order valence-corrected chi connectivity index (χ2v) is 5.86. The van der Waals surface area contributed by atoms with E-state index < -0.39 is 34.9 Å². The molecule has 0 amide bonds. The van der Waals surface area contributed by atoms with Crippen LogP contribution in [0.1, 0.15) is 30.9 Å². The Morgan fingerprint density at radius 3 is 2.14 bits per heavy atom. The van der Waals surface area contributed by atoms with E-state index in [4.69, 9.17) is 0 Å². The molecule has 1 atom stereocenters. The first-order valence-electron chi connectivity index (χ1n) is 7.35. The highest BCUT2D eigenvalue weighted by atomic mass is 19.2. The Bertz CT molecular complexity index is 499. The molecule has 1 aromatic rings. The molecule has 3 rings (SSSR count). The summed E-state index contributed by atoms with van der Waals surface area (Å²) in [5, 5.41) is 3.16. The van der Waals surface area contributed by atoms with Crippen molar-refractivity contribution in [2.24, 2.45) is 5.92 Å². The Hall–Kier alpha value is -1.14. The predicted molar refractivity (Wildman–Crippen MR) is 70.8 cm³/mol. The standard InChI is InChI=1S/C15H18F4N2/c16-10-8-11(17)15(19)13(14(10)18)12(7-9-1-2-9)21-5-3-20-4-6-21/h8-9,12,20H,1-7H2/t12-/m0/s1. The maximum atomic E-state index is 14.1. The molecule has 0 aromatic heterocycles. The van der Waals surface area contributed by atoms with Crippen LogP contribution in [-0.4, -0.2) is 31.1 Å². The first-order valence-corrected chi connectivity index (χ1v) is 7.35. The molecule has 21 heavy (non-hydrogen) atoms. The lowest BCUT2D eigenvalue weighted by molar-refractivity contribution is 0.152. The number of halogens is 4. The molecular formula is C15H18F4N2. The Kier molecular flexibility index (Phi) is 4.17. The molecule has 0 radical (unpaired) electrons. The van der Waals surface area contributed by atoms with E-state index in [2.05, 4.69) is 5.32 Å². The molecule has 6 heteroatoms. The van der Waals surface area contributed by atoms with Crippen LogP contribution in [0.3, 0.4) is 0 Å². The lowest BCUT2D eigenvalue weighted by Gasteiger charge is -2.35. The second-order valence-electron chi connectivity index (χ2n) is 5.86. The Morgan fingerprint density at radius 2 is 1.62 bits per heavy atom. The number of nitrogens with zero attached hydrogens (tertiary/aromatic N) is 1. The first-order chi connectivity index (χ1) is 10.1. The van der Waals surface area contributed by atoms with Gasteiger partial charge in [0.1, 0.15) is 0 Å². The zero-order valence-electron chi connectivity index (χ0n) is 11.6. The van der Waals surface area contributed by atoms with Gasteiger partial charge in [0.2, 0.25) is 0 Å². The van der Waals surface area contributed by atoms with E-state index >= 15 is 0 Å². The van der Waals surface area contributed by atoms with Crippen molar-refractivity contribution in [3.05, 3.63) is 34.9 Å². The number of hydrogen-bond donors (Lipinski definition) is 1. The van der Waals surface area contributed by atoms with Crippen molar-refractivity contribution in [2.45, 2.75) is 25.3 Å². The van der Waals surface area contributed by atoms with Gasteiger partial charge in [0.25, 0.3) is 0 Å². The number of nitrogens with one attached hydrogen (secondary N) is 1. The maximum Gasteiger partial charge on any atom is 0.166 e. The van der Waals surface area contributed by atoms with Crippen LogP contribution in [0.4, 0.5) is 17.6 Å². The minimum absolute atomic E-state index is 0.278. The van der Waals surface area contributed by atoms with E-state index in [0.29, 0.717) is 38.5 Å². The summed E-state index contributed by atoms with van der Waals surface area (Å²) >= 11 is 0. The van der Waals surface area contributed by atoms with Gasteiger partial charge in [0.15, 0.2) is 23.3 Å². The van der Waals surface area contributed by atoms with Crippen molar-refractivity contribution in [1.29, 1.82) is 0 Å². The van der Waals surface area contributed by atoms with Crippen molar-refractivity contribution >= 4 is 0 Å².